The van der Waals surface area contributed by atoms with Gasteiger partial charge in [0.25, 0.3) is 5.91 Å². The zero-order chi connectivity index (χ0) is 19.5. The molecule has 0 unspecified atom stereocenters. The Morgan fingerprint density at radius 3 is 2.64 bits per heavy atom. The van der Waals surface area contributed by atoms with E-state index in [1.54, 1.807) is 4.90 Å². The number of carbonyl (C=O) groups excluding carboxylic acids is 2. The molecule has 1 aliphatic heterocycles. The van der Waals surface area contributed by atoms with E-state index in [2.05, 4.69) is 30.5 Å². The van der Waals surface area contributed by atoms with Crippen LogP contribution in [0, 0.1) is 0 Å². The first-order valence-corrected chi connectivity index (χ1v) is 8.92. The van der Waals surface area contributed by atoms with Crippen LogP contribution in [-0.4, -0.2) is 54.5 Å². The molecule has 1 aromatic carbocycles. The summed E-state index contributed by atoms with van der Waals surface area (Å²) in [5.74, 6) is 0.797. The molecule has 9 heteroatoms. The summed E-state index contributed by atoms with van der Waals surface area (Å²) in [5.41, 5.74) is 1.27. The highest BCUT2D eigenvalue weighted by molar-refractivity contribution is 5.94. The van der Waals surface area contributed by atoms with Gasteiger partial charge in [0, 0.05) is 37.5 Å². The number of nitrogens with one attached hydrogen (secondary N) is 2. The molecule has 0 saturated carbocycles. The monoisotopic (exact) mass is 377 g/mol. The molecule has 0 spiro atoms. The van der Waals surface area contributed by atoms with Crippen molar-refractivity contribution in [2.24, 2.45) is 0 Å². The van der Waals surface area contributed by atoms with E-state index in [1.807, 2.05) is 30.3 Å². The van der Waals surface area contributed by atoms with Crippen LogP contribution in [0.5, 0.6) is 0 Å². The van der Waals surface area contributed by atoms with Crippen molar-refractivity contribution in [3.8, 4) is 11.4 Å². The molecule has 0 radical (unpaired) electrons. The van der Waals surface area contributed by atoms with Gasteiger partial charge in [0.15, 0.2) is 5.82 Å². The van der Waals surface area contributed by atoms with E-state index < -0.39 is 0 Å². The fourth-order valence-electron chi connectivity index (χ4n) is 3.43. The van der Waals surface area contributed by atoms with Crippen molar-refractivity contribution in [3.05, 3.63) is 60.4 Å². The fraction of sp³-hybridized carbons (Fsp3) is 0.263. The van der Waals surface area contributed by atoms with E-state index in [0.717, 1.165) is 5.56 Å². The molecule has 28 heavy (non-hydrogen) atoms. The minimum absolute atomic E-state index is 0.136. The molecule has 142 valence electrons. The molecule has 2 N–H and O–H groups in total. The van der Waals surface area contributed by atoms with Crippen molar-refractivity contribution >= 4 is 11.8 Å². The van der Waals surface area contributed by atoms with Crippen LogP contribution in [0.4, 0.5) is 0 Å². The number of aromatic nitrogens is 5. The van der Waals surface area contributed by atoms with Gasteiger partial charge in [-0.05, 0) is 6.42 Å². The van der Waals surface area contributed by atoms with Crippen LogP contribution in [0.2, 0.25) is 0 Å². The predicted molar refractivity (Wildman–Crippen MR) is 99.8 cm³/mol. The quantitative estimate of drug-likeness (QED) is 0.709. The second kappa shape index (κ2) is 7.55. The van der Waals surface area contributed by atoms with E-state index >= 15 is 0 Å². The predicted octanol–water partition coefficient (Wildman–Crippen LogP) is 1.35. The summed E-state index contributed by atoms with van der Waals surface area (Å²) in [6.07, 6.45) is 4.88. The third-order valence-electron chi connectivity index (χ3n) is 4.63. The van der Waals surface area contributed by atoms with Crippen LogP contribution < -0.4 is 5.32 Å². The van der Waals surface area contributed by atoms with Gasteiger partial charge in [-0.2, -0.15) is 5.10 Å². The van der Waals surface area contributed by atoms with E-state index in [-0.39, 0.29) is 23.9 Å². The lowest BCUT2D eigenvalue weighted by molar-refractivity contribution is -0.119. The first kappa shape index (κ1) is 17.8. The van der Waals surface area contributed by atoms with Crippen molar-refractivity contribution in [1.82, 2.24) is 35.4 Å². The Morgan fingerprint density at radius 1 is 1.18 bits per heavy atom. The summed E-state index contributed by atoms with van der Waals surface area (Å²) in [6.45, 7) is 1.84. The number of carbonyl (C=O) groups is 2. The summed E-state index contributed by atoms with van der Waals surface area (Å²) in [7, 11) is 0. The summed E-state index contributed by atoms with van der Waals surface area (Å²) >= 11 is 0. The van der Waals surface area contributed by atoms with Crippen LogP contribution in [0.1, 0.15) is 35.6 Å². The molecular formula is C19H19N7O2. The summed E-state index contributed by atoms with van der Waals surface area (Å²) in [6, 6.07) is 9.10. The van der Waals surface area contributed by atoms with Gasteiger partial charge in [-0.1, -0.05) is 30.3 Å². The minimum atomic E-state index is -0.338. The van der Waals surface area contributed by atoms with Gasteiger partial charge in [0.2, 0.25) is 5.91 Å². The molecule has 0 aliphatic carbocycles. The molecule has 3 aromatic rings. The van der Waals surface area contributed by atoms with E-state index in [0.29, 0.717) is 30.2 Å². The smallest absolute Gasteiger partial charge is 0.257 e. The number of hydrogen-bond donors (Lipinski definition) is 2. The van der Waals surface area contributed by atoms with E-state index in [4.69, 9.17) is 0 Å². The van der Waals surface area contributed by atoms with Gasteiger partial charge >= 0.3 is 0 Å². The number of aromatic amines is 1. The highest BCUT2D eigenvalue weighted by atomic mass is 16.2. The first-order chi connectivity index (χ1) is 13.6. The van der Waals surface area contributed by atoms with Gasteiger partial charge in [-0.25, -0.2) is 15.0 Å². The Morgan fingerprint density at radius 2 is 1.93 bits per heavy atom. The van der Waals surface area contributed by atoms with Gasteiger partial charge in [0.05, 0.1) is 11.6 Å². The van der Waals surface area contributed by atoms with Gasteiger partial charge < -0.3 is 10.2 Å². The average Bonchev–Trinajstić information content (AvgIpc) is 3.35. The number of amides is 2. The van der Waals surface area contributed by atoms with E-state index in [9.17, 15) is 9.59 Å². The highest BCUT2D eigenvalue weighted by Gasteiger charge is 2.39. The van der Waals surface area contributed by atoms with Crippen LogP contribution in [-0.2, 0) is 4.79 Å². The molecule has 1 saturated heterocycles. The zero-order valence-electron chi connectivity index (χ0n) is 15.2. The molecule has 2 amide bonds. The molecular weight excluding hydrogens is 358 g/mol. The van der Waals surface area contributed by atoms with Crippen molar-refractivity contribution in [2.75, 3.05) is 6.54 Å². The van der Waals surface area contributed by atoms with Crippen molar-refractivity contribution < 1.29 is 9.59 Å². The van der Waals surface area contributed by atoms with Crippen LogP contribution in [0.15, 0.2) is 49.1 Å². The number of hydrogen-bond acceptors (Lipinski definition) is 6. The third kappa shape index (κ3) is 3.59. The number of nitrogens with zero attached hydrogens (tertiary/aromatic N) is 5. The molecule has 2 aromatic heterocycles. The van der Waals surface area contributed by atoms with E-state index in [1.165, 1.54) is 25.6 Å². The van der Waals surface area contributed by atoms with Gasteiger partial charge in [-0.3, -0.25) is 14.7 Å². The van der Waals surface area contributed by atoms with Gasteiger partial charge in [0.1, 0.15) is 12.2 Å². The standard InChI is InChI=1S/C19H19N7O2/c1-12(27)22-15-7-16(26(10-15)19(28)14-8-20-11-21-9-14)18-23-17(24-25-18)13-5-3-2-4-6-13/h2-6,8-9,11,15-16H,7,10H2,1H3,(H,22,27)(H,23,24,25)/t15-,16-/m0/s1. The summed E-state index contributed by atoms with van der Waals surface area (Å²) in [4.78, 5) is 38.6. The van der Waals surface area contributed by atoms with Crippen molar-refractivity contribution in [1.29, 1.82) is 0 Å². The second-order valence-electron chi connectivity index (χ2n) is 6.64. The lowest BCUT2D eigenvalue weighted by atomic mass is 10.1. The van der Waals surface area contributed by atoms with Gasteiger partial charge in [-0.15, -0.1) is 0 Å². The minimum Gasteiger partial charge on any atom is -0.352 e. The molecule has 0 bridgehead atoms. The topological polar surface area (TPSA) is 117 Å². The Balaban J connectivity index is 1.63. The van der Waals surface area contributed by atoms with Crippen molar-refractivity contribution in [2.45, 2.75) is 25.4 Å². The third-order valence-corrected chi connectivity index (χ3v) is 4.63. The maximum absolute atomic E-state index is 13.0. The number of likely N-dealkylation sites (tertiary alicyclic amines) is 1. The SMILES string of the molecule is CC(=O)N[C@H]1C[C@@H](c2nc(-c3ccccc3)n[nH]2)N(C(=O)c2cncnc2)C1. The maximum Gasteiger partial charge on any atom is 0.257 e. The molecule has 3 heterocycles. The number of rotatable bonds is 4. The normalized spacial score (nSPS) is 18.8. The molecule has 4 rings (SSSR count). The fourth-order valence-corrected chi connectivity index (χ4v) is 3.43. The zero-order valence-corrected chi connectivity index (χ0v) is 15.2. The van der Waals surface area contributed by atoms with Crippen molar-refractivity contribution in [3.63, 3.8) is 0 Å². The second-order valence-corrected chi connectivity index (χ2v) is 6.64. The first-order valence-electron chi connectivity index (χ1n) is 8.92. The lowest BCUT2D eigenvalue weighted by Gasteiger charge is -2.22. The Bertz CT molecular complexity index is 974. The maximum atomic E-state index is 13.0. The molecule has 1 aliphatic rings. The largest absolute Gasteiger partial charge is 0.352 e. The Kier molecular flexibility index (Phi) is 4.79. The van der Waals surface area contributed by atoms with Crippen LogP contribution in [0.25, 0.3) is 11.4 Å². The van der Waals surface area contributed by atoms with Crippen LogP contribution >= 0.6 is 0 Å². The summed E-state index contributed by atoms with van der Waals surface area (Å²) < 4.78 is 0. The molecule has 2 atom stereocenters. The van der Waals surface area contributed by atoms with Crippen LogP contribution in [0.3, 0.4) is 0 Å². The molecule has 1 fully saturated rings. The number of H-pyrrole nitrogens is 1. The molecule has 9 nitrogen and oxygen atoms in total. The Hall–Kier alpha value is -3.62. The highest BCUT2D eigenvalue weighted by Crippen LogP contribution is 2.32. The lowest BCUT2D eigenvalue weighted by Crippen LogP contribution is -2.37. The Labute approximate surface area is 161 Å². The number of benzene rings is 1. The average molecular weight is 377 g/mol. The summed E-state index contributed by atoms with van der Waals surface area (Å²) in [5, 5.41) is 10.1.